The summed E-state index contributed by atoms with van der Waals surface area (Å²) in [6.07, 6.45) is 0.439. The summed E-state index contributed by atoms with van der Waals surface area (Å²) in [5.74, 6) is 0.189. The van der Waals surface area contributed by atoms with Gasteiger partial charge in [0.15, 0.2) is 0 Å². The Morgan fingerprint density at radius 1 is 0.935 bits per heavy atom. The minimum Gasteiger partial charge on any atom is -0.338 e. The highest BCUT2D eigenvalue weighted by Gasteiger charge is 2.30. The van der Waals surface area contributed by atoms with E-state index in [1.807, 2.05) is 91.9 Å². The average Bonchev–Trinajstić information content (AvgIpc) is 3.18. The number of anilines is 1. The van der Waals surface area contributed by atoms with Gasteiger partial charge >= 0.3 is 6.03 Å². The van der Waals surface area contributed by atoms with E-state index in [0.717, 1.165) is 22.4 Å². The predicted molar refractivity (Wildman–Crippen MR) is 123 cm³/mol. The summed E-state index contributed by atoms with van der Waals surface area (Å²) in [6.45, 7) is 3.10. The minimum absolute atomic E-state index is 0.0893. The van der Waals surface area contributed by atoms with Crippen LogP contribution < -0.4 is 15.5 Å². The smallest absolute Gasteiger partial charge is 0.315 e. The molecule has 1 heterocycles. The molecular formula is C26H27N3O2. The molecule has 0 radical (unpaired) electrons. The highest BCUT2D eigenvalue weighted by Crippen LogP contribution is 2.25. The summed E-state index contributed by atoms with van der Waals surface area (Å²) in [7, 11) is 0. The first-order chi connectivity index (χ1) is 15.1. The lowest BCUT2D eigenvalue weighted by Gasteiger charge is -2.21. The molecule has 1 aliphatic rings. The fraction of sp³-hybridized carbons (Fsp3) is 0.231. The molecule has 0 saturated carbocycles. The van der Waals surface area contributed by atoms with Crippen LogP contribution in [0.4, 0.5) is 10.5 Å². The van der Waals surface area contributed by atoms with Gasteiger partial charge in [-0.3, -0.25) is 4.79 Å². The van der Waals surface area contributed by atoms with Crippen molar-refractivity contribution in [1.82, 2.24) is 10.6 Å². The summed E-state index contributed by atoms with van der Waals surface area (Å²) in [6, 6.07) is 27.3. The SMILES string of the molecule is Cc1ccc(N2C[C@H](CNC(=O)NC(c3ccccc3)c3ccccc3)CC2=O)cc1. The normalized spacial score (nSPS) is 15.9. The highest BCUT2D eigenvalue weighted by atomic mass is 16.2. The lowest BCUT2D eigenvalue weighted by atomic mass is 9.99. The predicted octanol–water partition coefficient (Wildman–Crippen LogP) is 4.44. The van der Waals surface area contributed by atoms with Crippen LogP contribution in [0, 0.1) is 12.8 Å². The van der Waals surface area contributed by atoms with Crippen molar-refractivity contribution in [2.45, 2.75) is 19.4 Å². The number of amides is 3. The van der Waals surface area contributed by atoms with Crippen LogP contribution >= 0.6 is 0 Å². The van der Waals surface area contributed by atoms with Gasteiger partial charge < -0.3 is 15.5 Å². The molecule has 1 saturated heterocycles. The van der Waals surface area contributed by atoms with Gasteiger partial charge in [-0.2, -0.15) is 0 Å². The zero-order valence-electron chi connectivity index (χ0n) is 17.6. The van der Waals surface area contributed by atoms with Crippen LogP contribution in [0.25, 0.3) is 0 Å². The number of nitrogens with one attached hydrogen (secondary N) is 2. The van der Waals surface area contributed by atoms with Crippen molar-refractivity contribution in [3.63, 3.8) is 0 Å². The second-order valence-corrected chi connectivity index (χ2v) is 8.02. The van der Waals surface area contributed by atoms with Crippen molar-refractivity contribution in [1.29, 1.82) is 0 Å². The molecular weight excluding hydrogens is 386 g/mol. The number of hydrogen-bond donors (Lipinski definition) is 2. The molecule has 0 unspecified atom stereocenters. The monoisotopic (exact) mass is 413 g/mol. The van der Waals surface area contributed by atoms with Gasteiger partial charge in [0.2, 0.25) is 5.91 Å². The van der Waals surface area contributed by atoms with E-state index in [4.69, 9.17) is 0 Å². The third kappa shape index (κ3) is 5.12. The Labute approximate surface area is 183 Å². The largest absolute Gasteiger partial charge is 0.338 e. The minimum atomic E-state index is -0.239. The van der Waals surface area contributed by atoms with E-state index in [9.17, 15) is 9.59 Å². The standard InChI is InChI=1S/C26H27N3O2/c1-19-12-14-23(15-13-19)29-18-20(16-24(29)30)17-27-26(31)28-25(21-8-4-2-5-9-21)22-10-6-3-7-11-22/h2-15,20,25H,16-18H2,1H3,(H2,27,28,31)/t20-/m0/s1. The third-order valence-corrected chi connectivity index (χ3v) is 5.64. The first kappa shape index (κ1) is 20.7. The summed E-state index contributed by atoms with van der Waals surface area (Å²) in [4.78, 5) is 27.0. The van der Waals surface area contributed by atoms with Crippen LogP contribution in [-0.4, -0.2) is 25.0 Å². The summed E-state index contributed by atoms with van der Waals surface area (Å²) >= 11 is 0. The van der Waals surface area contributed by atoms with Gasteiger partial charge in [0.05, 0.1) is 6.04 Å². The molecule has 5 heteroatoms. The summed E-state index contributed by atoms with van der Waals surface area (Å²) < 4.78 is 0. The first-order valence-corrected chi connectivity index (χ1v) is 10.6. The second-order valence-electron chi connectivity index (χ2n) is 8.02. The van der Waals surface area contributed by atoms with Crippen LogP contribution in [0.2, 0.25) is 0 Å². The molecule has 158 valence electrons. The molecule has 3 amide bonds. The van der Waals surface area contributed by atoms with Crippen LogP contribution in [0.15, 0.2) is 84.9 Å². The molecule has 4 rings (SSSR count). The Morgan fingerprint density at radius 2 is 1.52 bits per heavy atom. The zero-order valence-corrected chi connectivity index (χ0v) is 17.6. The van der Waals surface area contributed by atoms with Crippen molar-refractivity contribution in [2.75, 3.05) is 18.0 Å². The summed E-state index contributed by atoms with van der Waals surface area (Å²) in [5, 5.41) is 6.05. The highest BCUT2D eigenvalue weighted by molar-refractivity contribution is 5.95. The number of carbonyl (C=O) groups is 2. The van der Waals surface area contributed by atoms with E-state index < -0.39 is 0 Å². The Bertz CT molecular complexity index is 980. The lowest BCUT2D eigenvalue weighted by molar-refractivity contribution is -0.117. The number of urea groups is 1. The molecule has 1 atom stereocenters. The lowest BCUT2D eigenvalue weighted by Crippen LogP contribution is -2.41. The Morgan fingerprint density at radius 3 is 2.10 bits per heavy atom. The molecule has 0 aliphatic carbocycles. The van der Waals surface area contributed by atoms with E-state index in [-0.39, 0.29) is 23.9 Å². The number of rotatable bonds is 6. The molecule has 0 bridgehead atoms. The Balaban J connectivity index is 1.37. The van der Waals surface area contributed by atoms with E-state index >= 15 is 0 Å². The maximum atomic E-state index is 12.7. The van der Waals surface area contributed by atoms with Gasteiger partial charge in [-0.15, -0.1) is 0 Å². The number of nitrogens with zero attached hydrogens (tertiary/aromatic N) is 1. The van der Waals surface area contributed by atoms with E-state index in [1.54, 1.807) is 4.90 Å². The first-order valence-electron chi connectivity index (χ1n) is 10.6. The molecule has 3 aromatic carbocycles. The van der Waals surface area contributed by atoms with Gasteiger partial charge in [0.25, 0.3) is 0 Å². The quantitative estimate of drug-likeness (QED) is 0.628. The van der Waals surface area contributed by atoms with E-state index in [0.29, 0.717) is 19.5 Å². The van der Waals surface area contributed by atoms with E-state index in [1.165, 1.54) is 0 Å². The molecule has 5 nitrogen and oxygen atoms in total. The van der Waals surface area contributed by atoms with Crippen LogP contribution in [-0.2, 0) is 4.79 Å². The van der Waals surface area contributed by atoms with Crippen LogP contribution in [0.3, 0.4) is 0 Å². The second kappa shape index (κ2) is 9.47. The van der Waals surface area contributed by atoms with Gasteiger partial charge in [-0.25, -0.2) is 4.79 Å². The third-order valence-electron chi connectivity index (χ3n) is 5.64. The van der Waals surface area contributed by atoms with Gasteiger partial charge in [-0.1, -0.05) is 78.4 Å². The van der Waals surface area contributed by atoms with E-state index in [2.05, 4.69) is 10.6 Å². The number of aryl methyl sites for hydroxylation is 1. The summed E-state index contributed by atoms with van der Waals surface area (Å²) in [5.41, 5.74) is 4.11. The van der Waals surface area contributed by atoms with Crippen molar-refractivity contribution >= 4 is 17.6 Å². The van der Waals surface area contributed by atoms with Gasteiger partial charge in [-0.05, 0) is 30.2 Å². The van der Waals surface area contributed by atoms with Crippen molar-refractivity contribution < 1.29 is 9.59 Å². The fourth-order valence-electron chi connectivity index (χ4n) is 3.96. The Hall–Kier alpha value is -3.60. The maximum absolute atomic E-state index is 12.7. The van der Waals surface area contributed by atoms with Gasteiger partial charge in [0, 0.05) is 31.1 Å². The molecule has 0 aromatic heterocycles. The number of benzene rings is 3. The fourth-order valence-corrected chi connectivity index (χ4v) is 3.96. The number of carbonyl (C=O) groups excluding carboxylic acids is 2. The molecule has 31 heavy (non-hydrogen) atoms. The number of hydrogen-bond acceptors (Lipinski definition) is 2. The van der Waals surface area contributed by atoms with Crippen LogP contribution in [0.5, 0.6) is 0 Å². The average molecular weight is 414 g/mol. The van der Waals surface area contributed by atoms with Gasteiger partial charge in [0.1, 0.15) is 0 Å². The zero-order chi connectivity index (χ0) is 21.6. The molecule has 2 N–H and O–H groups in total. The van der Waals surface area contributed by atoms with Crippen molar-refractivity contribution in [3.8, 4) is 0 Å². The molecule has 1 fully saturated rings. The van der Waals surface area contributed by atoms with Crippen LogP contribution in [0.1, 0.15) is 29.2 Å². The topological polar surface area (TPSA) is 61.4 Å². The maximum Gasteiger partial charge on any atom is 0.315 e. The molecule has 1 aliphatic heterocycles. The van der Waals surface area contributed by atoms with Crippen molar-refractivity contribution in [3.05, 3.63) is 102 Å². The molecule has 3 aromatic rings. The molecule has 0 spiro atoms. The van der Waals surface area contributed by atoms with Crippen molar-refractivity contribution in [2.24, 2.45) is 5.92 Å². The Kier molecular flexibility index (Phi) is 6.32.